The van der Waals surface area contributed by atoms with E-state index in [0.717, 1.165) is 24.2 Å². The van der Waals surface area contributed by atoms with Gasteiger partial charge in [-0.15, -0.1) is 5.10 Å². The van der Waals surface area contributed by atoms with Crippen LogP contribution in [0.1, 0.15) is 43.0 Å². The van der Waals surface area contributed by atoms with Crippen LogP contribution in [0.4, 0.5) is 0 Å². The van der Waals surface area contributed by atoms with Gasteiger partial charge in [-0.3, -0.25) is 9.89 Å². The van der Waals surface area contributed by atoms with Crippen LogP contribution in [0.25, 0.3) is 0 Å². The molecule has 0 spiro atoms. The molecule has 1 aromatic heterocycles. The quantitative estimate of drug-likeness (QED) is 0.651. The number of carbonyl (C=O) groups is 1. The maximum Gasteiger partial charge on any atom is 0.233 e. The van der Waals surface area contributed by atoms with E-state index in [1.54, 1.807) is 4.90 Å². The van der Waals surface area contributed by atoms with E-state index in [4.69, 9.17) is 0 Å². The van der Waals surface area contributed by atoms with Gasteiger partial charge in [-0.1, -0.05) is 54.9 Å². The topological polar surface area (TPSA) is 99.3 Å². The van der Waals surface area contributed by atoms with Crippen molar-refractivity contribution in [3.05, 3.63) is 41.7 Å². The van der Waals surface area contributed by atoms with Gasteiger partial charge in [0.05, 0.1) is 11.5 Å². The Kier molecular flexibility index (Phi) is 6.74. The third-order valence-electron chi connectivity index (χ3n) is 5.73. The van der Waals surface area contributed by atoms with E-state index in [2.05, 4.69) is 15.2 Å². The zero-order chi connectivity index (χ0) is 21.0. The fraction of sp³-hybridized carbons (Fsp3) is 0.550. The first-order valence-electron chi connectivity index (χ1n) is 10.4. The Morgan fingerprint density at radius 1 is 1.10 bits per heavy atom. The van der Waals surface area contributed by atoms with Crippen LogP contribution >= 0.6 is 11.8 Å². The van der Waals surface area contributed by atoms with Gasteiger partial charge in [0.1, 0.15) is 5.82 Å². The zero-order valence-electron chi connectivity index (χ0n) is 16.9. The standard InChI is InChI=1S/C20H27N5O3S2/c26-18(14-29-20-21-19(22-23-20)17-8-4-5-9-17)24-10-12-25(13-11-24)30(27,28)15-16-6-2-1-3-7-16/h1-3,6-7,17H,4-5,8-15H2,(H,21,22,23). The molecule has 0 unspecified atom stereocenters. The number of aromatic nitrogens is 3. The summed E-state index contributed by atoms with van der Waals surface area (Å²) in [5.74, 6) is 1.64. The molecule has 10 heteroatoms. The molecule has 0 atom stereocenters. The number of piperazine rings is 1. The van der Waals surface area contributed by atoms with E-state index in [0.29, 0.717) is 37.3 Å². The number of nitrogens with zero attached hydrogens (tertiary/aromatic N) is 4. The predicted octanol–water partition coefficient (Wildman–Crippen LogP) is 2.23. The lowest BCUT2D eigenvalue weighted by Crippen LogP contribution is -2.51. The average Bonchev–Trinajstić information content (AvgIpc) is 3.44. The summed E-state index contributed by atoms with van der Waals surface area (Å²) in [4.78, 5) is 18.8. The van der Waals surface area contributed by atoms with Gasteiger partial charge in [-0.25, -0.2) is 13.4 Å². The molecular weight excluding hydrogens is 422 g/mol. The number of sulfonamides is 1. The van der Waals surface area contributed by atoms with E-state index in [-0.39, 0.29) is 17.4 Å². The molecule has 1 amide bonds. The second-order valence-electron chi connectivity index (χ2n) is 7.79. The molecule has 1 saturated heterocycles. The third-order valence-corrected chi connectivity index (χ3v) is 8.41. The van der Waals surface area contributed by atoms with Crippen molar-refractivity contribution in [2.75, 3.05) is 31.9 Å². The van der Waals surface area contributed by atoms with Gasteiger partial charge in [-0.05, 0) is 18.4 Å². The molecule has 2 aromatic rings. The Bertz CT molecular complexity index is 950. The van der Waals surface area contributed by atoms with E-state index in [1.807, 2.05) is 30.3 Å². The molecule has 162 valence electrons. The van der Waals surface area contributed by atoms with Crippen molar-refractivity contribution in [1.82, 2.24) is 24.4 Å². The van der Waals surface area contributed by atoms with E-state index in [1.165, 1.54) is 28.9 Å². The summed E-state index contributed by atoms with van der Waals surface area (Å²) in [5.41, 5.74) is 0.774. The maximum atomic E-state index is 12.7. The molecule has 8 nitrogen and oxygen atoms in total. The van der Waals surface area contributed by atoms with Crippen LogP contribution in [0.3, 0.4) is 0 Å². The number of rotatable bonds is 7. The Labute approximate surface area is 181 Å². The molecule has 0 bridgehead atoms. The first-order chi connectivity index (χ1) is 14.5. The second-order valence-corrected chi connectivity index (χ2v) is 10.7. The smallest absolute Gasteiger partial charge is 0.233 e. The van der Waals surface area contributed by atoms with E-state index < -0.39 is 10.0 Å². The minimum atomic E-state index is -3.38. The number of hydrogen-bond acceptors (Lipinski definition) is 6. The minimum absolute atomic E-state index is 0.00711. The number of nitrogens with one attached hydrogen (secondary N) is 1. The summed E-state index contributed by atoms with van der Waals surface area (Å²) in [6.45, 7) is 1.49. The lowest BCUT2D eigenvalue weighted by Gasteiger charge is -2.34. The van der Waals surface area contributed by atoms with Crippen molar-refractivity contribution in [2.24, 2.45) is 0 Å². The monoisotopic (exact) mass is 449 g/mol. The molecule has 2 aliphatic rings. The zero-order valence-corrected chi connectivity index (χ0v) is 18.5. The van der Waals surface area contributed by atoms with Gasteiger partial charge in [0.25, 0.3) is 0 Å². The normalized spacial score (nSPS) is 18.7. The van der Waals surface area contributed by atoms with Crippen molar-refractivity contribution in [1.29, 1.82) is 0 Å². The summed E-state index contributed by atoms with van der Waals surface area (Å²) < 4.78 is 26.8. The largest absolute Gasteiger partial charge is 0.339 e. The molecular formula is C20H27N5O3S2. The number of aromatic amines is 1. The molecule has 1 saturated carbocycles. The Morgan fingerprint density at radius 3 is 2.50 bits per heavy atom. The number of amides is 1. The molecule has 4 rings (SSSR count). The Morgan fingerprint density at radius 2 is 1.80 bits per heavy atom. The molecule has 1 N–H and O–H groups in total. The maximum absolute atomic E-state index is 12.7. The lowest BCUT2D eigenvalue weighted by molar-refractivity contribution is -0.129. The van der Waals surface area contributed by atoms with Crippen LogP contribution in [0.15, 0.2) is 35.5 Å². The number of hydrogen-bond donors (Lipinski definition) is 1. The van der Waals surface area contributed by atoms with Crippen molar-refractivity contribution in [3.8, 4) is 0 Å². The SMILES string of the molecule is O=C(CSc1n[nH]c(C2CCCC2)n1)N1CCN(S(=O)(=O)Cc2ccccc2)CC1. The number of carbonyl (C=O) groups excluding carboxylic acids is 1. The Hall–Kier alpha value is -1.91. The van der Waals surface area contributed by atoms with Gasteiger partial charge in [0, 0.05) is 32.1 Å². The van der Waals surface area contributed by atoms with E-state index >= 15 is 0 Å². The van der Waals surface area contributed by atoms with E-state index in [9.17, 15) is 13.2 Å². The van der Waals surface area contributed by atoms with Crippen LogP contribution in [0.2, 0.25) is 0 Å². The van der Waals surface area contributed by atoms with Crippen molar-refractivity contribution in [3.63, 3.8) is 0 Å². The highest BCUT2D eigenvalue weighted by Crippen LogP contribution is 2.32. The van der Waals surface area contributed by atoms with Gasteiger partial charge in [-0.2, -0.15) is 4.31 Å². The van der Waals surface area contributed by atoms with Crippen molar-refractivity contribution >= 4 is 27.7 Å². The van der Waals surface area contributed by atoms with Crippen molar-refractivity contribution < 1.29 is 13.2 Å². The molecule has 30 heavy (non-hydrogen) atoms. The first-order valence-corrected chi connectivity index (χ1v) is 13.0. The highest BCUT2D eigenvalue weighted by atomic mass is 32.2. The van der Waals surface area contributed by atoms with Crippen LogP contribution in [-0.2, 0) is 20.6 Å². The third kappa shape index (κ3) is 5.22. The minimum Gasteiger partial charge on any atom is -0.339 e. The van der Waals surface area contributed by atoms with Gasteiger partial charge < -0.3 is 4.90 Å². The summed E-state index contributed by atoms with van der Waals surface area (Å²) in [6, 6.07) is 9.17. The second kappa shape index (κ2) is 9.49. The predicted molar refractivity (Wildman–Crippen MR) is 116 cm³/mol. The van der Waals surface area contributed by atoms with Crippen molar-refractivity contribution in [2.45, 2.75) is 42.5 Å². The highest BCUT2D eigenvalue weighted by Gasteiger charge is 2.29. The molecule has 1 aliphatic carbocycles. The fourth-order valence-electron chi connectivity index (χ4n) is 4.01. The van der Waals surface area contributed by atoms with Crippen LogP contribution in [0.5, 0.6) is 0 Å². The van der Waals surface area contributed by atoms with Crippen LogP contribution in [0, 0.1) is 0 Å². The van der Waals surface area contributed by atoms with Crippen LogP contribution < -0.4 is 0 Å². The molecule has 1 aliphatic heterocycles. The van der Waals surface area contributed by atoms with Crippen LogP contribution in [-0.4, -0.2) is 70.6 Å². The molecule has 1 aromatic carbocycles. The summed E-state index contributed by atoms with van der Waals surface area (Å²) in [7, 11) is -3.38. The highest BCUT2D eigenvalue weighted by molar-refractivity contribution is 7.99. The Balaban J connectivity index is 1.24. The number of H-pyrrole nitrogens is 1. The summed E-state index contributed by atoms with van der Waals surface area (Å²) in [5, 5.41) is 7.85. The lowest BCUT2D eigenvalue weighted by atomic mass is 10.1. The molecule has 0 radical (unpaired) electrons. The number of thioether (sulfide) groups is 1. The van der Waals surface area contributed by atoms with Gasteiger partial charge in [0.15, 0.2) is 0 Å². The van der Waals surface area contributed by atoms with Gasteiger partial charge in [0.2, 0.25) is 21.1 Å². The molecule has 2 heterocycles. The number of benzene rings is 1. The summed E-state index contributed by atoms with van der Waals surface area (Å²) in [6.07, 6.45) is 4.77. The first kappa shape index (κ1) is 21.3. The average molecular weight is 450 g/mol. The summed E-state index contributed by atoms with van der Waals surface area (Å²) >= 11 is 1.33. The molecule has 2 fully saturated rings. The van der Waals surface area contributed by atoms with Gasteiger partial charge >= 0.3 is 0 Å². The fourth-order valence-corrected chi connectivity index (χ4v) is 6.24.